The third-order valence-electron chi connectivity index (χ3n) is 4.17. The number of halogens is 7. The van der Waals surface area contributed by atoms with Crippen LogP contribution in [0.25, 0.3) is 0 Å². The van der Waals surface area contributed by atoms with Crippen LogP contribution in [-0.2, 0) is 19.0 Å². The lowest BCUT2D eigenvalue weighted by Crippen LogP contribution is -2.57. The Labute approximate surface area is 168 Å². The average molecular weight is 467 g/mol. The summed E-state index contributed by atoms with van der Waals surface area (Å²) in [6.07, 6.45) is 0.182. The lowest BCUT2D eigenvalue weighted by Gasteiger charge is -2.41. The van der Waals surface area contributed by atoms with Gasteiger partial charge in [0.2, 0.25) is 5.79 Å². The summed E-state index contributed by atoms with van der Waals surface area (Å²) in [5, 5.41) is 0.198. The van der Waals surface area contributed by atoms with E-state index in [9.17, 15) is 4.79 Å². The van der Waals surface area contributed by atoms with Crippen LogP contribution < -0.4 is 0 Å². The Hall–Kier alpha value is 1.16. The predicted octanol–water partition coefficient (Wildman–Crippen LogP) is 4.57. The summed E-state index contributed by atoms with van der Waals surface area (Å²) < 4.78 is 13.7. The van der Waals surface area contributed by atoms with E-state index >= 15 is 0 Å². The number of carbonyl (C=O) groups is 1. The first-order valence-corrected chi connectivity index (χ1v) is 8.85. The number of fused-ring (bicyclic) bond motifs is 2. The van der Waals surface area contributed by atoms with Crippen molar-refractivity contribution in [2.45, 2.75) is 25.7 Å². The van der Waals surface area contributed by atoms with E-state index in [-0.39, 0.29) is 23.1 Å². The Morgan fingerprint density at radius 3 is 2.09 bits per heavy atom. The summed E-state index contributed by atoms with van der Waals surface area (Å²) in [5.41, 5.74) is 0. The molecule has 1 saturated carbocycles. The number of hydrogen-bond acceptors (Lipinski definition) is 4. The van der Waals surface area contributed by atoms with Crippen LogP contribution in [-0.4, -0.2) is 46.1 Å². The molecule has 0 aromatic heterocycles. The molecular weight excluding hydrogens is 456 g/mol. The number of rotatable bonds is 4. The van der Waals surface area contributed by atoms with Crippen molar-refractivity contribution in [3.63, 3.8) is 0 Å². The number of methoxy groups -OCH3 is 2. The van der Waals surface area contributed by atoms with Gasteiger partial charge < -0.3 is 14.2 Å². The van der Waals surface area contributed by atoms with Crippen molar-refractivity contribution < 1.29 is 19.0 Å². The van der Waals surface area contributed by atoms with Gasteiger partial charge in [0.25, 0.3) is 3.79 Å². The summed E-state index contributed by atoms with van der Waals surface area (Å²) in [6.45, 7) is -0.209. The SMILES string of the molecule is COC1(OC)C2(Cl)CC(COC(=O)C(Cl)(Cl)Cl)C1(Cl)C(Cl)=C2Cl. The fourth-order valence-corrected chi connectivity index (χ4v) is 5.43. The number of alkyl halides is 5. The zero-order valence-corrected chi connectivity index (χ0v) is 17.1. The fourth-order valence-electron chi connectivity index (χ4n) is 3.20. The van der Waals surface area contributed by atoms with Crippen molar-refractivity contribution >= 4 is 87.2 Å². The molecule has 0 aromatic carbocycles. The van der Waals surface area contributed by atoms with E-state index in [0.29, 0.717) is 0 Å². The molecule has 0 saturated heterocycles. The zero-order valence-electron chi connectivity index (χ0n) is 11.8. The van der Waals surface area contributed by atoms with Crippen LogP contribution in [0, 0.1) is 5.92 Å². The van der Waals surface area contributed by atoms with E-state index in [2.05, 4.69) is 0 Å². The molecule has 3 atom stereocenters. The van der Waals surface area contributed by atoms with Crippen LogP contribution in [0.5, 0.6) is 0 Å². The topological polar surface area (TPSA) is 44.8 Å². The Kier molecular flexibility index (Phi) is 5.70. The maximum absolute atomic E-state index is 11.6. The predicted molar refractivity (Wildman–Crippen MR) is 92.0 cm³/mol. The second kappa shape index (κ2) is 6.40. The summed E-state index contributed by atoms with van der Waals surface area (Å²) in [6, 6.07) is 0. The lowest BCUT2D eigenvalue weighted by atomic mass is 9.92. The highest BCUT2D eigenvalue weighted by Gasteiger charge is 2.81. The van der Waals surface area contributed by atoms with E-state index in [4.69, 9.17) is 95.4 Å². The van der Waals surface area contributed by atoms with Crippen molar-refractivity contribution in [2.75, 3.05) is 20.8 Å². The van der Waals surface area contributed by atoms with E-state index in [1.807, 2.05) is 0 Å². The van der Waals surface area contributed by atoms with Gasteiger partial charge in [0.05, 0.1) is 16.7 Å². The molecule has 0 radical (unpaired) electrons. The first-order chi connectivity index (χ1) is 10.4. The van der Waals surface area contributed by atoms with E-state index < -0.39 is 31.2 Å². The van der Waals surface area contributed by atoms with E-state index in [1.54, 1.807) is 0 Å². The first kappa shape index (κ1) is 20.5. The van der Waals surface area contributed by atoms with Crippen molar-refractivity contribution in [3.05, 3.63) is 10.1 Å². The van der Waals surface area contributed by atoms with Crippen molar-refractivity contribution in [1.29, 1.82) is 0 Å². The Morgan fingerprint density at radius 2 is 1.70 bits per heavy atom. The van der Waals surface area contributed by atoms with Crippen molar-refractivity contribution in [3.8, 4) is 0 Å². The van der Waals surface area contributed by atoms with Crippen LogP contribution in [0.4, 0.5) is 0 Å². The molecular formula is C12H11Cl7O4. The van der Waals surface area contributed by atoms with Gasteiger partial charge in [0, 0.05) is 20.1 Å². The quantitative estimate of drug-likeness (QED) is 0.345. The molecule has 0 aromatic rings. The minimum atomic E-state index is -2.20. The third kappa shape index (κ3) is 2.60. The second-order valence-corrected chi connectivity index (χ2v) is 9.44. The van der Waals surface area contributed by atoms with Gasteiger partial charge in [-0.25, -0.2) is 4.79 Å². The Morgan fingerprint density at radius 1 is 1.17 bits per heavy atom. The summed E-state index contributed by atoms with van der Waals surface area (Å²) in [7, 11) is 2.74. The van der Waals surface area contributed by atoms with Gasteiger partial charge in [-0.2, -0.15) is 0 Å². The van der Waals surface area contributed by atoms with Gasteiger partial charge in [-0.1, -0.05) is 58.0 Å². The molecule has 2 aliphatic carbocycles. The van der Waals surface area contributed by atoms with Crippen LogP contribution in [0.1, 0.15) is 6.42 Å². The molecule has 4 nitrogen and oxygen atoms in total. The third-order valence-corrected chi connectivity index (χ3v) is 7.26. The molecule has 1 fully saturated rings. The highest BCUT2D eigenvalue weighted by atomic mass is 35.6. The van der Waals surface area contributed by atoms with Crippen LogP contribution >= 0.6 is 81.2 Å². The number of esters is 1. The summed E-state index contributed by atoms with van der Waals surface area (Å²) in [4.78, 5) is 8.85. The molecule has 0 aliphatic heterocycles. The lowest BCUT2D eigenvalue weighted by molar-refractivity contribution is -0.219. The second-order valence-electron chi connectivity index (χ2n) is 5.16. The Bertz CT molecular complexity index is 556. The minimum Gasteiger partial charge on any atom is -0.462 e. The molecule has 3 unspecified atom stereocenters. The summed E-state index contributed by atoms with van der Waals surface area (Å²) in [5.74, 6) is -3.15. The minimum absolute atomic E-state index is 0.0701. The molecule has 0 spiro atoms. The molecule has 2 aliphatic rings. The average Bonchev–Trinajstić information content (AvgIpc) is 2.74. The first-order valence-electron chi connectivity index (χ1n) is 6.20. The number of carbonyl (C=O) groups excluding carboxylic acids is 1. The van der Waals surface area contributed by atoms with Crippen molar-refractivity contribution in [2.24, 2.45) is 5.92 Å². The molecule has 2 rings (SSSR count). The van der Waals surface area contributed by atoms with Gasteiger partial charge in [0.15, 0.2) is 0 Å². The van der Waals surface area contributed by atoms with Gasteiger partial charge in [-0.05, 0) is 6.42 Å². The maximum atomic E-state index is 11.6. The molecule has 0 heterocycles. The van der Waals surface area contributed by atoms with Crippen molar-refractivity contribution in [1.82, 2.24) is 0 Å². The van der Waals surface area contributed by atoms with E-state index in [1.165, 1.54) is 14.2 Å². The largest absolute Gasteiger partial charge is 0.462 e. The smallest absolute Gasteiger partial charge is 0.358 e. The fraction of sp³-hybridized carbons (Fsp3) is 0.750. The van der Waals surface area contributed by atoms with Crippen LogP contribution in [0.15, 0.2) is 10.1 Å². The molecule has 11 heteroatoms. The standard InChI is InChI=1S/C12H11Cl7O4/c1-21-12(22-2)9(15)3-5(4-23-8(20)11(17,18)19)10(12,16)7(14)6(9)13/h5H,3-4H2,1-2H3. The number of ether oxygens (including phenoxy) is 3. The Balaban J connectivity index is 2.35. The highest BCUT2D eigenvalue weighted by Crippen LogP contribution is 2.71. The normalized spacial score (nSPS) is 35.8. The summed E-state index contributed by atoms with van der Waals surface area (Å²) >= 11 is 42.3. The highest BCUT2D eigenvalue weighted by molar-refractivity contribution is 6.75. The maximum Gasteiger partial charge on any atom is 0.358 e. The van der Waals surface area contributed by atoms with E-state index in [0.717, 1.165) is 0 Å². The zero-order chi connectivity index (χ0) is 17.8. The molecule has 132 valence electrons. The van der Waals surface area contributed by atoms with Gasteiger partial charge in [0.1, 0.15) is 9.75 Å². The van der Waals surface area contributed by atoms with Crippen LogP contribution in [0.3, 0.4) is 0 Å². The molecule has 0 amide bonds. The van der Waals surface area contributed by atoms with Crippen LogP contribution in [0.2, 0.25) is 0 Å². The van der Waals surface area contributed by atoms with Gasteiger partial charge in [-0.15, -0.1) is 23.2 Å². The van der Waals surface area contributed by atoms with Gasteiger partial charge >= 0.3 is 5.97 Å². The molecule has 0 N–H and O–H groups in total. The molecule has 2 bridgehead atoms. The van der Waals surface area contributed by atoms with Gasteiger partial charge in [-0.3, -0.25) is 0 Å². The number of hydrogen-bond donors (Lipinski definition) is 0. The molecule has 23 heavy (non-hydrogen) atoms. The monoisotopic (exact) mass is 464 g/mol.